The van der Waals surface area contributed by atoms with E-state index in [1.807, 2.05) is 20.8 Å². The maximum absolute atomic E-state index is 4.06. The third-order valence-corrected chi connectivity index (χ3v) is 3.59. The summed E-state index contributed by atoms with van der Waals surface area (Å²) in [7, 11) is 0. The van der Waals surface area contributed by atoms with Gasteiger partial charge < -0.3 is 25.2 Å². The van der Waals surface area contributed by atoms with Crippen molar-refractivity contribution in [2.24, 2.45) is 4.99 Å². The topological polar surface area (TPSA) is 26.5 Å². The zero-order valence-corrected chi connectivity index (χ0v) is 19.4. The van der Waals surface area contributed by atoms with E-state index >= 15 is 0 Å². The molecule has 3 heteroatoms. The largest absolute Gasteiger partial charge is 4.00 e. The van der Waals surface area contributed by atoms with Crippen LogP contribution < -0.4 is 0 Å². The second-order valence-corrected chi connectivity index (χ2v) is 4.62. The summed E-state index contributed by atoms with van der Waals surface area (Å²) in [6.07, 6.45) is 0. The van der Waals surface area contributed by atoms with E-state index in [0.29, 0.717) is 0 Å². The van der Waals surface area contributed by atoms with Crippen molar-refractivity contribution in [2.75, 3.05) is 13.1 Å². The summed E-state index contributed by atoms with van der Waals surface area (Å²) >= 11 is 0. The Morgan fingerprint density at radius 2 is 1.10 bits per heavy atom. The van der Waals surface area contributed by atoms with Crippen LogP contribution in [0.4, 0.5) is 0 Å². The average Bonchev–Trinajstić information content (AvgIpc) is 2.49. The number of hydrogen-bond donors (Lipinski definition) is 0. The van der Waals surface area contributed by atoms with Crippen molar-refractivity contribution in [3.8, 4) is 0 Å². The van der Waals surface area contributed by atoms with E-state index in [0.717, 1.165) is 18.9 Å². The number of nitrogens with zero attached hydrogens (tertiary/aromatic N) is 2. The van der Waals surface area contributed by atoms with Crippen LogP contribution in [0.1, 0.15) is 55.4 Å². The number of hydrogen-bond acceptors (Lipinski definition) is 1. The summed E-state index contributed by atoms with van der Waals surface area (Å²) in [5, 5.41) is 4.06. The quantitative estimate of drug-likeness (QED) is 0.221. The van der Waals surface area contributed by atoms with Crippen LogP contribution in [-0.2, 0) is 25.8 Å². The molecular weight excluding hydrogens is 423 g/mol. The van der Waals surface area contributed by atoms with Gasteiger partial charge in [0.2, 0.25) is 0 Å². The fourth-order valence-corrected chi connectivity index (χ4v) is 1.91. The number of rotatable bonds is 2. The Kier molecular flexibility index (Phi) is 21.3. The Balaban J connectivity index is -0.000000123. The number of aliphatic imine (C=N–C) groups is 1. The third kappa shape index (κ3) is 9.86. The predicted molar refractivity (Wildman–Crippen MR) is 95.0 cm³/mol. The molecule has 1 fully saturated rings. The molecule has 0 aromatic heterocycles. The summed E-state index contributed by atoms with van der Waals surface area (Å²) < 4.78 is 0. The molecule has 1 saturated carbocycles. The molecule has 0 N–H and O–H groups in total. The van der Waals surface area contributed by atoms with Crippen molar-refractivity contribution in [3.05, 3.63) is 49.8 Å². The average molecular weight is 457 g/mol. The van der Waals surface area contributed by atoms with Crippen LogP contribution in [0.2, 0.25) is 0 Å². The van der Waals surface area contributed by atoms with E-state index in [-0.39, 0.29) is 40.7 Å². The normalized spacial score (nSPS) is 18.0. The SMILES string of the molecule is CCN=C(C)[N-]CC.C[C]1[C](C)[C](C)[C](C)[C]1C.[CH3-].[CH3-].[Hf+4]. The van der Waals surface area contributed by atoms with Crippen LogP contribution in [0.5, 0.6) is 0 Å². The van der Waals surface area contributed by atoms with E-state index in [9.17, 15) is 0 Å². The Hall–Kier alpha value is 0.340. The first-order chi connectivity index (χ1) is 8.36. The number of amidine groups is 1. The molecule has 0 bridgehead atoms. The van der Waals surface area contributed by atoms with Crippen LogP contribution >= 0.6 is 0 Å². The second-order valence-electron chi connectivity index (χ2n) is 4.62. The summed E-state index contributed by atoms with van der Waals surface area (Å²) in [4.78, 5) is 4.06. The van der Waals surface area contributed by atoms with Crippen molar-refractivity contribution in [2.45, 2.75) is 55.4 Å². The summed E-state index contributed by atoms with van der Waals surface area (Å²) in [5.41, 5.74) is 0. The van der Waals surface area contributed by atoms with E-state index in [2.05, 4.69) is 44.9 Å². The molecule has 5 radical (unpaired) electrons. The van der Waals surface area contributed by atoms with E-state index in [4.69, 9.17) is 0 Å². The first-order valence-electron chi connectivity index (χ1n) is 6.74. The van der Waals surface area contributed by atoms with E-state index < -0.39 is 0 Å². The van der Waals surface area contributed by atoms with Crippen LogP contribution in [-0.4, -0.2) is 18.9 Å². The van der Waals surface area contributed by atoms with Crippen LogP contribution in [0.15, 0.2) is 4.99 Å². The Bertz CT molecular complexity index is 209. The molecule has 0 aliphatic heterocycles. The first-order valence-corrected chi connectivity index (χ1v) is 6.74. The van der Waals surface area contributed by atoms with Gasteiger partial charge in [0, 0.05) is 0 Å². The minimum absolute atomic E-state index is 0. The smallest absolute Gasteiger partial charge is 0.470 e. The molecule has 119 valence electrons. The van der Waals surface area contributed by atoms with Gasteiger partial charge in [-0.05, 0) is 36.5 Å². The van der Waals surface area contributed by atoms with Gasteiger partial charge in [-0.1, -0.05) is 67.4 Å². The second kappa shape index (κ2) is 15.2. The van der Waals surface area contributed by atoms with Gasteiger partial charge in [0.15, 0.2) is 0 Å². The molecule has 21 heavy (non-hydrogen) atoms. The van der Waals surface area contributed by atoms with Gasteiger partial charge in [-0.3, -0.25) is 0 Å². The zero-order chi connectivity index (χ0) is 14.3. The monoisotopic (exact) mass is 458 g/mol. The minimum atomic E-state index is 0. The summed E-state index contributed by atoms with van der Waals surface area (Å²) in [6, 6.07) is 0. The molecule has 2 nitrogen and oxygen atoms in total. The van der Waals surface area contributed by atoms with Gasteiger partial charge in [0.1, 0.15) is 0 Å². The molecule has 0 saturated heterocycles. The standard InChI is InChI=1S/C10H15.C6H13N2.2CH3.Hf/c1-6-7(2)9(4)10(5)8(6)3;1-4-7-6(3)8-5-2;;;/h1-5H3;4-5H2,1-3H3;2*1H3;/q;3*-1;+4. The maximum Gasteiger partial charge on any atom is 4.00 e. The molecule has 0 aromatic carbocycles. The maximum atomic E-state index is 4.06. The molecule has 0 amide bonds. The first kappa shape index (κ1) is 29.4. The van der Waals surface area contributed by atoms with Crippen molar-refractivity contribution >= 4 is 5.84 Å². The van der Waals surface area contributed by atoms with Crippen molar-refractivity contribution in [3.63, 3.8) is 0 Å². The van der Waals surface area contributed by atoms with Crippen molar-refractivity contribution in [1.82, 2.24) is 0 Å². The Labute approximate surface area is 154 Å². The Morgan fingerprint density at radius 1 is 0.810 bits per heavy atom. The van der Waals surface area contributed by atoms with Gasteiger partial charge in [-0.2, -0.15) is 0 Å². The van der Waals surface area contributed by atoms with Gasteiger partial charge >= 0.3 is 25.8 Å². The van der Waals surface area contributed by atoms with Crippen LogP contribution in [0.25, 0.3) is 5.32 Å². The predicted octanol–water partition coefficient (Wildman–Crippen LogP) is 5.69. The van der Waals surface area contributed by atoms with Gasteiger partial charge in [0.25, 0.3) is 0 Å². The fraction of sp³-hybridized carbons (Fsp3) is 0.556. The molecule has 0 heterocycles. The molecule has 1 rings (SSSR count). The molecule has 0 aromatic rings. The Morgan fingerprint density at radius 3 is 1.29 bits per heavy atom. The van der Waals surface area contributed by atoms with Gasteiger partial charge in [-0.25, -0.2) is 0 Å². The molecule has 1 aliphatic rings. The molecule has 0 unspecified atom stereocenters. The van der Waals surface area contributed by atoms with E-state index in [1.165, 1.54) is 29.6 Å². The summed E-state index contributed by atoms with van der Waals surface area (Å²) in [5.74, 6) is 8.25. The van der Waals surface area contributed by atoms with E-state index in [1.54, 1.807) is 0 Å². The fourth-order valence-electron chi connectivity index (χ4n) is 1.91. The molecular formula is C18H34HfN2+. The molecule has 0 spiro atoms. The van der Waals surface area contributed by atoms with Crippen molar-refractivity contribution < 1.29 is 25.8 Å². The summed E-state index contributed by atoms with van der Waals surface area (Å²) in [6.45, 7) is 18.6. The molecule has 0 atom stereocenters. The van der Waals surface area contributed by atoms with Crippen LogP contribution in [0.3, 0.4) is 0 Å². The van der Waals surface area contributed by atoms with Crippen LogP contribution in [0, 0.1) is 44.4 Å². The minimum Gasteiger partial charge on any atom is -0.470 e. The van der Waals surface area contributed by atoms with Gasteiger partial charge in [-0.15, -0.1) is 0 Å². The molecule has 1 aliphatic carbocycles. The van der Waals surface area contributed by atoms with Crippen molar-refractivity contribution in [1.29, 1.82) is 0 Å². The zero-order valence-electron chi connectivity index (χ0n) is 15.8. The van der Waals surface area contributed by atoms with Gasteiger partial charge in [0.05, 0.1) is 0 Å². The third-order valence-electron chi connectivity index (χ3n) is 3.59.